The van der Waals surface area contributed by atoms with E-state index in [-0.39, 0.29) is 21.3 Å². The maximum absolute atomic E-state index is 14.2. The van der Waals surface area contributed by atoms with Gasteiger partial charge in [0.2, 0.25) is 5.91 Å². The zero-order valence-electron chi connectivity index (χ0n) is 17.7. The Morgan fingerprint density at radius 3 is 2.39 bits per heavy atom. The van der Waals surface area contributed by atoms with Crippen molar-refractivity contribution in [3.05, 3.63) is 68.7 Å². The molecule has 0 fully saturated rings. The number of benzene rings is 2. The molecule has 0 aromatic heterocycles. The van der Waals surface area contributed by atoms with Gasteiger partial charge in [0.05, 0.1) is 5.71 Å². The fraction of sp³-hybridized carbons (Fsp3) is 0.318. The molecule has 1 N–H and O–H groups in total. The van der Waals surface area contributed by atoms with Gasteiger partial charge in [0.1, 0.15) is 6.10 Å². The summed E-state index contributed by atoms with van der Waals surface area (Å²) >= 11 is 11.9. The van der Waals surface area contributed by atoms with Crippen LogP contribution in [0.4, 0.5) is 18.0 Å². The molecule has 2 amide bonds. The third-order valence-corrected chi connectivity index (χ3v) is 5.56. The molecule has 0 aliphatic carbocycles. The first-order valence-corrected chi connectivity index (χ1v) is 10.5. The highest BCUT2D eigenvalue weighted by Crippen LogP contribution is 2.49. The molecule has 0 saturated carbocycles. The zero-order valence-corrected chi connectivity index (χ0v) is 19.2. The summed E-state index contributed by atoms with van der Waals surface area (Å²) in [4.78, 5) is 27.8. The lowest BCUT2D eigenvalue weighted by Crippen LogP contribution is -2.42. The summed E-state index contributed by atoms with van der Waals surface area (Å²) in [5.74, 6) is -0.584. The number of alkyl carbamates (subject to hydrolysis) is 1. The minimum Gasteiger partial charge on any atom is -0.441 e. The van der Waals surface area contributed by atoms with E-state index in [1.165, 1.54) is 6.07 Å². The second-order valence-electron chi connectivity index (χ2n) is 7.59. The molecule has 1 aliphatic heterocycles. The van der Waals surface area contributed by atoms with Gasteiger partial charge < -0.3 is 9.57 Å². The molecule has 1 aliphatic rings. The third-order valence-electron chi connectivity index (χ3n) is 5.13. The van der Waals surface area contributed by atoms with Crippen molar-refractivity contribution in [1.82, 2.24) is 5.32 Å². The number of hydrogen-bond donors (Lipinski definition) is 1. The molecule has 11 heteroatoms. The number of halogens is 5. The molecule has 2 aromatic rings. The van der Waals surface area contributed by atoms with Crippen molar-refractivity contribution >= 4 is 40.9 Å². The smallest absolute Gasteiger partial charge is 0.435 e. The fourth-order valence-corrected chi connectivity index (χ4v) is 4.03. The molecule has 2 aromatic carbocycles. The van der Waals surface area contributed by atoms with E-state index in [4.69, 9.17) is 32.8 Å². The monoisotopic (exact) mass is 502 g/mol. The van der Waals surface area contributed by atoms with Crippen LogP contribution in [-0.2, 0) is 20.0 Å². The molecule has 33 heavy (non-hydrogen) atoms. The highest BCUT2D eigenvalue weighted by atomic mass is 35.5. The minimum absolute atomic E-state index is 0.0330. The predicted octanol–water partition coefficient (Wildman–Crippen LogP) is 6.22. The quantitative estimate of drug-likeness (QED) is 0.538. The maximum atomic E-state index is 14.2. The minimum atomic E-state index is -4.82. The highest BCUT2D eigenvalue weighted by Gasteiger charge is 2.62. The van der Waals surface area contributed by atoms with Gasteiger partial charge in [0.15, 0.2) is 0 Å². The number of nitrogens with one attached hydrogen (secondary N) is 1. The summed E-state index contributed by atoms with van der Waals surface area (Å²) in [5, 5.41) is 5.80. The van der Waals surface area contributed by atoms with Crippen molar-refractivity contribution in [3.63, 3.8) is 0 Å². The van der Waals surface area contributed by atoms with E-state index in [0.29, 0.717) is 11.1 Å². The third kappa shape index (κ3) is 5.25. The van der Waals surface area contributed by atoms with Gasteiger partial charge in [-0.1, -0.05) is 40.5 Å². The Bertz CT molecular complexity index is 1120. The van der Waals surface area contributed by atoms with E-state index in [0.717, 1.165) is 24.6 Å². The molecule has 0 spiro atoms. The Kier molecular flexibility index (Phi) is 6.95. The second-order valence-corrected chi connectivity index (χ2v) is 8.46. The molecule has 6 nitrogen and oxygen atoms in total. The van der Waals surface area contributed by atoms with Gasteiger partial charge >= 0.3 is 12.3 Å². The molecule has 3 rings (SSSR count). The molecular weight excluding hydrogens is 484 g/mol. The lowest BCUT2D eigenvalue weighted by molar-refractivity contribution is -0.275. The van der Waals surface area contributed by atoms with Crippen molar-refractivity contribution in [2.75, 3.05) is 0 Å². The number of ether oxygens (including phenoxy) is 1. The van der Waals surface area contributed by atoms with Gasteiger partial charge in [0.25, 0.3) is 5.60 Å². The first-order chi connectivity index (χ1) is 15.3. The number of carbonyl (C=O) groups excluding carboxylic acids is 2. The SMILES string of the molecule is CC(=O)NC(=O)OC(C)c1cc(C2=NOC(c3cc(Cl)cc(Cl)c3)(C(F)(F)F)C2)ccc1C. The lowest BCUT2D eigenvalue weighted by Gasteiger charge is -2.29. The first kappa shape index (κ1) is 24.9. The standard InChI is InChI=1S/C22H19Cl2F3N2O4/c1-11-4-5-14(6-18(11)12(2)32-20(31)28-13(3)30)19-10-21(33-29-19,22(25,26)27)15-7-16(23)9-17(24)8-15/h4-9,12H,10H2,1-3H3,(H,28,30,31). The largest absolute Gasteiger partial charge is 0.441 e. The van der Waals surface area contributed by atoms with Crippen LogP contribution in [0.1, 0.15) is 48.6 Å². The van der Waals surface area contributed by atoms with Crippen LogP contribution in [0.15, 0.2) is 41.6 Å². The van der Waals surface area contributed by atoms with Gasteiger partial charge in [-0.2, -0.15) is 13.2 Å². The Labute approximate surface area is 197 Å². The summed E-state index contributed by atoms with van der Waals surface area (Å²) < 4.78 is 47.8. The molecule has 0 radical (unpaired) electrons. The van der Waals surface area contributed by atoms with Crippen molar-refractivity contribution in [2.24, 2.45) is 5.16 Å². The average Bonchev–Trinajstić information content (AvgIpc) is 3.13. The second kappa shape index (κ2) is 9.23. The summed E-state index contributed by atoms with van der Waals surface area (Å²) in [5.41, 5.74) is -1.36. The summed E-state index contributed by atoms with van der Waals surface area (Å²) in [6, 6.07) is 8.44. The van der Waals surface area contributed by atoms with Crippen molar-refractivity contribution in [1.29, 1.82) is 0 Å². The molecular formula is C22H19Cl2F3N2O4. The van der Waals surface area contributed by atoms with Crippen molar-refractivity contribution < 1.29 is 32.3 Å². The Balaban J connectivity index is 1.93. The zero-order chi connectivity index (χ0) is 24.6. The number of hydrogen-bond acceptors (Lipinski definition) is 5. The summed E-state index contributed by atoms with van der Waals surface area (Å²) in [6.45, 7) is 4.49. The maximum Gasteiger partial charge on any atom is 0.435 e. The molecule has 0 bridgehead atoms. The lowest BCUT2D eigenvalue weighted by atomic mass is 9.86. The van der Waals surface area contributed by atoms with Crippen LogP contribution in [-0.4, -0.2) is 23.9 Å². The number of aryl methyl sites for hydroxylation is 1. The van der Waals surface area contributed by atoms with E-state index in [2.05, 4.69) is 5.16 Å². The van der Waals surface area contributed by atoms with E-state index in [1.807, 2.05) is 5.32 Å². The summed E-state index contributed by atoms with van der Waals surface area (Å²) in [6.07, 6.45) is -7.15. The van der Waals surface area contributed by atoms with Crippen LogP contribution in [0.25, 0.3) is 0 Å². The molecule has 2 unspecified atom stereocenters. The first-order valence-electron chi connectivity index (χ1n) is 9.70. The van der Waals surface area contributed by atoms with Crippen LogP contribution in [0, 0.1) is 6.92 Å². The van der Waals surface area contributed by atoms with E-state index >= 15 is 0 Å². The average molecular weight is 503 g/mol. The number of alkyl halides is 3. The van der Waals surface area contributed by atoms with Crippen LogP contribution in [0.2, 0.25) is 10.0 Å². The number of amides is 2. The van der Waals surface area contributed by atoms with E-state index in [9.17, 15) is 22.8 Å². The van der Waals surface area contributed by atoms with Crippen LogP contribution in [0.5, 0.6) is 0 Å². The number of nitrogens with zero attached hydrogens (tertiary/aromatic N) is 1. The van der Waals surface area contributed by atoms with Crippen molar-refractivity contribution in [3.8, 4) is 0 Å². The van der Waals surface area contributed by atoms with E-state index < -0.39 is 36.3 Å². The Morgan fingerprint density at radius 2 is 1.82 bits per heavy atom. The number of carbonyl (C=O) groups is 2. The molecule has 176 valence electrons. The normalized spacial score (nSPS) is 18.8. The Morgan fingerprint density at radius 1 is 1.18 bits per heavy atom. The van der Waals surface area contributed by atoms with Gasteiger partial charge in [-0.3, -0.25) is 10.1 Å². The molecule has 1 heterocycles. The topological polar surface area (TPSA) is 77.0 Å². The fourth-order valence-electron chi connectivity index (χ4n) is 3.50. The summed E-state index contributed by atoms with van der Waals surface area (Å²) in [7, 11) is 0. The molecule has 0 saturated heterocycles. The number of imide groups is 1. The van der Waals surface area contributed by atoms with Crippen LogP contribution < -0.4 is 5.32 Å². The van der Waals surface area contributed by atoms with Crippen LogP contribution >= 0.6 is 23.2 Å². The van der Waals surface area contributed by atoms with Crippen LogP contribution in [0.3, 0.4) is 0 Å². The van der Waals surface area contributed by atoms with Gasteiger partial charge in [-0.25, -0.2) is 4.79 Å². The predicted molar refractivity (Wildman–Crippen MR) is 116 cm³/mol. The Hall–Kier alpha value is -2.78. The van der Waals surface area contributed by atoms with E-state index in [1.54, 1.807) is 32.0 Å². The molecule has 2 atom stereocenters. The van der Waals surface area contributed by atoms with Gasteiger partial charge in [-0.15, -0.1) is 0 Å². The van der Waals surface area contributed by atoms with Crippen molar-refractivity contribution in [2.45, 2.75) is 45.1 Å². The van der Waals surface area contributed by atoms with Gasteiger partial charge in [-0.05, 0) is 54.8 Å². The number of oxime groups is 1. The number of rotatable bonds is 4. The van der Waals surface area contributed by atoms with Gasteiger partial charge in [0, 0.05) is 29.0 Å². The highest BCUT2D eigenvalue weighted by molar-refractivity contribution is 6.34.